The zero-order chi connectivity index (χ0) is 17.4. The fourth-order valence-corrected chi connectivity index (χ4v) is 4.53. The third kappa shape index (κ3) is 2.78. The topological polar surface area (TPSA) is 64.1 Å². The number of piperazine rings is 1. The Morgan fingerprint density at radius 3 is 2.52 bits per heavy atom. The second kappa shape index (κ2) is 6.52. The van der Waals surface area contributed by atoms with Crippen molar-refractivity contribution in [3.63, 3.8) is 0 Å². The number of benzene rings is 1. The van der Waals surface area contributed by atoms with E-state index in [-0.39, 0.29) is 18.4 Å². The number of β-amino-alcohol motifs (C(OH)–C–C–N with tert-alkyl or cyclic N) is 1. The summed E-state index contributed by atoms with van der Waals surface area (Å²) in [6.45, 7) is 4.63. The van der Waals surface area contributed by atoms with E-state index in [0.717, 1.165) is 44.6 Å². The average molecular weight is 343 g/mol. The second-order valence-electron chi connectivity index (χ2n) is 7.37. The highest BCUT2D eigenvalue weighted by Crippen LogP contribution is 2.46. The lowest BCUT2D eigenvalue weighted by Crippen LogP contribution is -2.52. The molecular formula is C19H25N3O3. The van der Waals surface area contributed by atoms with Crippen LogP contribution in [0.2, 0.25) is 0 Å². The molecule has 0 bridgehead atoms. The molecule has 0 aromatic heterocycles. The molecule has 0 unspecified atom stereocenters. The van der Waals surface area contributed by atoms with E-state index in [1.807, 2.05) is 18.2 Å². The number of imide groups is 1. The first-order valence-electron chi connectivity index (χ1n) is 9.13. The predicted molar refractivity (Wildman–Crippen MR) is 92.9 cm³/mol. The molecule has 1 atom stereocenters. The van der Waals surface area contributed by atoms with Crippen molar-refractivity contribution in [2.24, 2.45) is 0 Å². The quantitative estimate of drug-likeness (QED) is 0.791. The molecule has 2 fully saturated rings. The minimum atomic E-state index is -0.619. The fourth-order valence-electron chi connectivity index (χ4n) is 4.53. The van der Waals surface area contributed by atoms with Gasteiger partial charge in [-0.25, -0.2) is 0 Å². The van der Waals surface area contributed by atoms with Gasteiger partial charge in [-0.1, -0.05) is 24.3 Å². The van der Waals surface area contributed by atoms with Gasteiger partial charge in [0.05, 0.1) is 18.7 Å². The van der Waals surface area contributed by atoms with E-state index in [1.54, 1.807) is 0 Å². The van der Waals surface area contributed by atoms with Crippen molar-refractivity contribution in [2.45, 2.75) is 24.7 Å². The Bertz CT molecular complexity index is 684. The number of fused-ring (bicyclic) bond motifs is 2. The minimum absolute atomic E-state index is 0.0137. The number of likely N-dealkylation sites (tertiary alicyclic amines) is 1. The summed E-state index contributed by atoms with van der Waals surface area (Å²) in [6.07, 6.45) is 1.94. The lowest BCUT2D eigenvalue weighted by atomic mass is 9.80. The summed E-state index contributed by atoms with van der Waals surface area (Å²) in [7, 11) is 0. The van der Waals surface area contributed by atoms with Gasteiger partial charge in [-0.15, -0.1) is 0 Å². The molecule has 25 heavy (non-hydrogen) atoms. The highest BCUT2D eigenvalue weighted by molar-refractivity contribution is 6.09. The molecule has 0 radical (unpaired) electrons. The maximum absolute atomic E-state index is 13.2. The summed E-state index contributed by atoms with van der Waals surface area (Å²) >= 11 is 0. The molecule has 134 valence electrons. The van der Waals surface area contributed by atoms with Crippen molar-refractivity contribution < 1.29 is 14.7 Å². The Hall–Kier alpha value is -1.76. The number of amides is 2. The highest BCUT2D eigenvalue weighted by Gasteiger charge is 2.55. The third-order valence-electron chi connectivity index (χ3n) is 5.99. The van der Waals surface area contributed by atoms with Crippen molar-refractivity contribution in [3.8, 4) is 0 Å². The third-order valence-corrected chi connectivity index (χ3v) is 5.99. The average Bonchev–Trinajstić information content (AvgIpc) is 3.11. The lowest BCUT2D eigenvalue weighted by Gasteiger charge is -2.36. The molecule has 2 aliphatic heterocycles. The van der Waals surface area contributed by atoms with Crippen LogP contribution >= 0.6 is 0 Å². The number of aliphatic hydroxyl groups is 1. The number of hydrogen-bond donors (Lipinski definition) is 1. The van der Waals surface area contributed by atoms with E-state index in [2.05, 4.69) is 15.9 Å². The van der Waals surface area contributed by atoms with Crippen molar-refractivity contribution in [1.82, 2.24) is 14.7 Å². The molecule has 1 aromatic rings. The highest BCUT2D eigenvalue weighted by atomic mass is 16.3. The maximum atomic E-state index is 13.2. The first-order chi connectivity index (χ1) is 12.1. The molecule has 2 amide bonds. The van der Waals surface area contributed by atoms with Crippen molar-refractivity contribution in [1.29, 1.82) is 0 Å². The standard InChI is InChI=1S/C19H25N3O3/c23-12-11-20-7-9-21(10-8-20)14-22-17(24)13-19(18(22)25)6-5-15-3-1-2-4-16(15)19/h1-4,23H,5-14H2/t19-/m1/s1. The molecular weight excluding hydrogens is 318 g/mol. The van der Waals surface area contributed by atoms with Crippen LogP contribution in [-0.4, -0.2) is 77.6 Å². The molecule has 1 spiro atoms. The lowest BCUT2D eigenvalue weighted by molar-refractivity contribution is -0.142. The molecule has 1 aliphatic carbocycles. The van der Waals surface area contributed by atoms with Crippen LogP contribution in [-0.2, 0) is 21.4 Å². The summed E-state index contributed by atoms with van der Waals surface area (Å²) < 4.78 is 0. The van der Waals surface area contributed by atoms with Gasteiger partial charge in [-0.05, 0) is 24.0 Å². The zero-order valence-electron chi connectivity index (χ0n) is 14.5. The van der Waals surface area contributed by atoms with Crippen LogP contribution in [0.25, 0.3) is 0 Å². The van der Waals surface area contributed by atoms with Gasteiger partial charge >= 0.3 is 0 Å². The minimum Gasteiger partial charge on any atom is -0.395 e. The van der Waals surface area contributed by atoms with Crippen molar-refractivity contribution in [3.05, 3.63) is 35.4 Å². The SMILES string of the molecule is O=C1C[C@@]2(CCc3ccccc32)C(=O)N1CN1CCN(CCO)CC1. The Labute approximate surface area is 148 Å². The molecule has 0 saturated carbocycles. The first kappa shape index (κ1) is 16.7. The summed E-state index contributed by atoms with van der Waals surface area (Å²) in [5, 5.41) is 9.03. The Kier molecular flexibility index (Phi) is 4.35. The summed E-state index contributed by atoms with van der Waals surface area (Å²) in [5.74, 6) is -0.0558. The Morgan fingerprint density at radius 1 is 1.04 bits per heavy atom. The molecule has 6 nitrogen and oxygen atoms in total. The second-order valence-corrected chi connectivity index (χ2v) is 7.37. The van der Waals surface area contributed by atoms with E-state index >= 15 is 0 Å². The molecule has 1 aromatic carbocycles. The number of rotatable bonds is 4. The fraction of sp³-hybridized carbons (Fsp3) is 0.579. The van der Waals surface area contributed by atoms with Crippen LogP contribution in [0, 0.1) is 0 Å². The van der Waals surface area contributed by atoms with Crippen LogP contribution in [0.4, 0.5) is 0 Å². The van der Waals surface area contributed by atoms with E-state index in [4.69, 9.17) is 5.11 Å². The van der Waals surface area contributed by atoms with Crippen LogP contribution < -0.4 is 0 Å². The van der Waals surface area contributed by atoms with E-state index < -0.39 is 5.41 Å². The van der Waals surface area contributed by atoms with E-state index in [9.17, 15) is 9.59 Å². The molecule has 2 heterocycles. The summed E-state index contributed by atoms with van der Waals surface area (Å²) in [4.78, 5) is 31.7. The molecule has 3 aliphatic rings. The number of nitrogens with zero attached hydrogens (tertiary/aromatic N) is 3. The number of carbonyl (C=O) groups is 2. The van der Waals surface area contributed by atoms with Crippen molar-refractivity contribution in [2.75, 3.05) is 46.0 Å². The van der Waals surface area contributed by atoms with Crippen LogP contribution in [0.5, 0.6) is 0 Å². The number of hydrogen-bond acceptors (Lipinski definition) is 5. The van der Waals surface area contributed by atoms with Gasteiger partial charge in [0.1, 0.15) is 0 Å². The summed E-state index contributed by atoms with van der Waals surface area (Å²) in [5.41, 5.74) is 1.65. The first-order valence-corrected chi connectivity index (χ1v) is 9.13. The van der Waals surface area contributed by atoms with E-state index in [0.29, 0.717) is 19.6 Å². The van der Waals surface area contributed by atoms with Crippen LogP contribution in [0.3, 0.4) is 0 Å². The largest absolute Gasteiger partial charge is 0.395 e. The molecule has 4 rings (SSSR count). The molecule has 1 N–H and O–H groups in total. The summed E-state index contributed by atoms with van der Waals surface area (Å²) in [6, 6.07) is 8.06. The van der Waals surface area contributed by atoms with Crippen LogP contribution in [0.1, 0.15) is 24.0 Å². The van der Waals surface area contributed by atoms with Gasteiger partial charge < -0.3 is 5.11 Å². The van der Waals surface area contributed by atoms with Gasteiger partial charge in [0.25, 0.3) is 0 Å². The number of aliphatic hydroxyl groups excluding tert-OH is 1. The van der Waals surface area contributed by atoms with Gasteiger partial charge in [-0.2, -0.15) is 0 Å². The van der Waals surface area contributed by atoms with Gasteiger partial charge in [-0.3, -0.25) is 24.3 Å². The number of carbonyl (C=O) groups excluding carboxylic acids is 2. The van der Waals surface area contributed by atoms with Gasteiger partial charge in [0.15, 0.2) is 0 Å². The zero-order valence-corrected chi connectivity index (χ0v) is 14.5. The Balaban J connectivity index is 1.46. The van der Waals surface area contributed by atoms with Gasteiger partial charge in [0.2, 0.25) is 11.8 Å². The monoisotopic (exact) mass is 343 g/mol. The normalized spacial score (nSPS) is 27.5. The number of aryl methyl sites for hydroxylation is 1. The molecule has 2 saturated heterocycles. The predicted octanol–water partition coefficient (Wildman–Crippen LogP) is 0.197. The Morgan fingerprint density at radius 2 is 1.76 bits per heavy atom. The maximum Gasteiger partial charge on any atom is 0.241 e. The molecule has 6 heteroatoms. The van der Waals surface area contributed by atoms with Crippen molar-refractivity contribution >= 4 is 11.8 Å². The smallest absolute Gasteiger partial charge is 0.241 e. The van der Waals surface area contributed by atoms with E-state index in [1.165, 1.54) is 10.5 Å². The van der Waals surface area contributed by atoms with Crippen LogP contribution in [0.15, 0.2) is 24.3 Å². The van der Waals surface area contributed by atoms with Gasteiger partial charge in [0, 0.05) is 39.1 Å².